The Balaban J connectivity index is 1.38. The molecule has 6 atom stereocenters. The summed E-state index contributed by atoms with van der Waals surface area (Å²) in [6, 6.07) is 0. The molecule has 3 aliphatic heterocycles. The van der Waals surface area contributed by atoms with Crippen molar-refractivity contribution in [2.24, 2.45) is 11.8 Å². The number of carbonyl (C=O) groups excluding carboxylic acids is 2. The number of ether oxygens (including phenoxy) is 3. The zero-order valence-electron chi connectivity index (χ0n) is 12.7. The smallest absolute Gasteiger partial charge is 0.431 e. The summed E-state index contributed by atoms with van der Waals surface area (Å²) < 4.78 is 97.8. The number of rotatable bonds is 6. The zero-order valence-corrected chi connectivity index (χ0v) is 13.5. The highest BCUT2D eigenvalue weighted by molar-refractivity contribution is 7.87. The summed E-state index contributed by atoms with van der Waals surface area (Å²) in [5, 5.41) is -5.74. The van der Waals surface area contributed by atoms with E-state index in [1.165, 1.54) is 0 Å². The van der Waals surface area contributed by atoms with Crippen molar-refractivity contribution in [3.63, 3.8) is 0 Å². The maximum Gasteiger partial charge on any atom is 0.431 e. The molecule has 1 aliphatic carbocycles. The number of fused-ring (bicyclic) bond motifs is 2. The second-order valence-electron chi connectivity index (χ2n) is 6.84. The molecule has 3 heterocycles. The Morgan fingerprint density at radius 1 is 1.35 bits per heavy atom. The summed E-state index contributed by atoms with van der Waals surface area (Å²) in [5.41, 5.74) is -1.12. The third-order valence-corrected chi connectivity index (χ3v) is 6.38. The van der Waals surface area contributed by atoms with Crippen molar-refractivity contribution >= 4 is 22.1 Å². The summed E-state index contributed by atoms with van der Waals surface area (Å²) in [4.78, 5) is 23.5. The first-order chi connectivity index (χ1) is 11.8. The van der Waals surface area contributed by atoms with Gasteiger partial charge in [0.1, 0.15) is 6.10 Å². The van der Waals surface area contributed by atoms with Gasteiger partial charge in [-0.3, -0.25) is 14.1 Å². The van der Waals surface area contributed by atoms with Crippen LogP contribution in [0.4, 0.5) is 17.6 Å². The predicted octanol–water partition coefficient (Wildman–Crippen LogP) is 0.507. The van der Waals surface area contributed by atoms with E-state index in [0.717, 1.165) is 0 Å². The Hall–Kier alpha value is -1.47. The quantitative estimate of drug-likeness (QED) is 0.387. The minimum Gasteiger partial charge on any atom is -0.457 e. The van der Waals surface area contributed by atoms with Crippen molar-refractivity contribution in [3.05, 3.63) is 0 Å². The molecule has 1 N–H and O–H groups in total. The Morgan fingerprint density at radius 2 is 2.00 bits per heavy atom. The first-order valence-corrected chi connectivity index (χ1v) is 9.07. The molecule has 0 aromatic rings. The SMILES string of the molecule is O=C(CCC(F)(F)C(F)(F)S(=O)(=O)O)OC1C2C3CC4C(=O)OC12C4O3. The molecule has 2 bridgehead atoms. The van der Waals surface area contributed by atoms with Crippen LogP contribution >= 0.6 is 0 Å². The molecule has 4 rings (SSSR count). The van der Waals surface area contributed by atoms with E-state index < -0.39 is 75.7 Å². The molecular formula is C13H12F4O8S. The molecule has 0 aromatic heterocycles. The Bertz CT molecular complexity index is 798. The van der Waals surface area contributed by atoms with Gasteiger partial charge < -0.3 is 14.2 Å². The molecule has 0 radical (unpaired) electrons. The summed E-state index contributed by atoms with van der Waals surface area (Å²) >= 11 is 0. The average Bonchev–Trinajstić information content (AvgIpc) is 2.81. The Morgan fingerprint density at radius 3 is 2.62 bits per heavy atom. The summed E-state index contributed by atoms with van der Waals surface area (Å²) in [7, 11) is -6.36. The van der Waals surface area contributed by atoms with Gasteiger partial charge in [0.2, 0.25) is 0 Å². The first kappa shape index (κ1) is 17.9. The fourth-order valence-corrected chi connectivity index (χ4v) is 4.67. The van der Waals surface area contributed by atoms with Crippen LogP contribution < -0.4 is 0 Å². The standard InChI is InChI=1S/C13H12F4O8S/c14-11(15,13(16,17)26(20,21)22)2-1-6(18)24-9-7-5-3-4-8(23-5)12(7,9)25-10(4)19/h4-5,7-9H,1-3H2,(H,20,21,22). The lowest BCUT2D eigenvalue weighted by atomic mass is 9.90. The van der Waals surface area contributed by atoms with Gasteiger partial charge >= 0.3 is 33.2 Å². The van der Waals surface area contributed by atoms with Gasteiger partial charge in [-0.2, -0.15) is 26.0 Å². The third kappa shape index (κ3) is 2.04. The Labute approximate surface area is 143 Å². The fourth-order valence-electron chi connectivity index (χ4n) is 4.19. The lowest BCUT2D eigenvalue weighted by Gasteiger charge is -2.23. The predicted molar refractivity (Wildman–Crippen MR) is 69.6 cm³/mol. The topological polar surface area (TPSA) is 116 Å². The highest BCUT2D eigenvalue weighted by Gasteiger charge is 2.89. The van der Waals surface area contributed by atoms with Gasteiger partial charge in [-0.25, -0.2) is 0 Å². The first-order valence-electron chi connectivity index (χ1n) is 7.63. The highest BCUT2D eigenvalue weighted by Crippen LogP contribution is 2.70. The maximum absolute atomic E-state index is 13.4. The van der Waals surface area contributed by atoms with Gasteiger partial charge in [-0.1, -0.05) is 0 Å². The second-order valence-corrected chi connectivity index (χ2v) is 8.31. The zero-order chi connectivity index (χ0) is 19.3. The number of hydrogen-bond donors (Lipinski definition) is 1. The van der Waals surface area contributed by atoms with Gasteiger partial charge in [0, 0.05) is 6.42 Å². The molecule has 26 heavy (non-hydrogen) atoms. The molecule has 1 spiro atoms. The molecule has 4 fully saturated rings. The van der Waals surface area contributed by atoms with E-state index in [2.05, 4.69) is 0 Å². The van der Waals surface area contributed by atoms with E-state index in [1.54, 1.807) is 0 Å². The van der Waals surface area contributed by atoms with Crippen LogP contribution in [0.15, 0.2) is 0 Å². The monoisotopic (exact) mass is 404 g/mol. The minimum absolute atomic E-state index is 0.362. The molecule has 13 heteroatoms. The third-order valence-electron chi connectivity index (χ3n) is 5.43. The molecule has 146 valence electrons. The van der Waals surface area contributed by atoms with Crippen LogP contribution in [0, 0.1) is 11.8 Å². The van der Waals surface area contributed by atoms with Crippen molar-refractivity contribution in [1.82, 2.24) is 0 Å². The Kier molecular flexibility index (Phi) is 3.36. The van der Waals surface area contributed by atoms with Gasteiger partial charge in [0.25, 0.3) is 0 Å². The van der Waals surface area contributed by atoms with Crippen molar-refractivity contribution < 1.29 is 54.3 Å². The molecule has 4 aliphatic rings. The van der Waals surface area contributed by atoms with E-state index in [0.29, 0.717) is 6.42 Å². The van der Waals surface area contributed by atoms with Gasteiger partial charge in [-0.05, 0) is 6.42 Å². The molecule has 0 amide bonds. The van der Waals surface area contributed by atoms with E-state index in [-0.39, 0.29) is 6.10 Å². The second kappa shape index (κ2) is 4.87. The maximum atomic E-state index is 13.4. The largest absolute Gasteiger partial charge is 0.457 e. The number of alkyl halides is 4. The summed E-state index contributed by atoms with van der Waals surface area (Å²) in [6.45, 7) is 0. The van der Waals surface area contributed by atoms with Crippen molar-refractivity contribution in [3.8, 4) is 0 Å². The summed E-state index contributed by atoms with van der Waals surface area (Å²) in [6.07, 6.45) is -4.50. The van der Waals surface area contributed by atoms with Crippen molar-refractivity contribution in [1.29, 1.82) is 0 Å². The van der Waals surface area contributed by atoms with Gasteiger partial charge in [0.15, 0.2) is 11.7 Å². The number of hydrogen-bond acceptors (Lipinski definition) is 7. The van der Waals surface area contributed by atoms with E-state index in [1.807, 2.05) is 0 Å². The normalized spacial score (nSPS) is 40.3. The van der Waals surface area contributed by atoms with Crippen LogP contribution in [0.5, 0.6) is 0 Å². The van der Waals surface area contributed by atoms with E-state index in [4.69, 9.17) is 18.8 Å². The molecule has 6 unspecified atom stereocenters. The summed E-state index contributed by atoms with van der Waals surface area (Å²) in [5.74, 6) is -7.82. The van der Waals surface area contributed by atoms with Crippen LogP contribution in [0.25, 0.3) is 0 Å². The number of halogens is 4. The molecule has 8 nitrogen and oxygen atoms in total. The molecule has 0 aromatic carbocycles. The average molecular weight is 404 g/mol. The fraction of sp³-hybridized carbons (Fsp3) is 0.846. The van der Waals surface area contributed by atoms with Gasteiger partial charge in [-0.15, -0.1) is 0 Å². The van der Waals surface area contributed by atoms with Crippen LogP contribution in [-0.4, -0.2) is 60.0 Å². The van der Waals surface area contributed by atoms with E-state index >= 15 is 0 Å². The van der Waals surface area contributed by atoms with Crippen LogP contribution in [0.2, 0.25) is 0 Å². The van der Waals surface area contributed by atoms with Gasteiger partial charge in [0.05, 0.1) is 24.4 Å². The molecule has 1 saturated carbocycles. The van der Waals surface area contributed by atoms with Crippen LogP contribution in [0.1, 0.15) is 19.3 Å². The molecule has 3 saturated heterocycles. The van der Waals surface area contributed by atoms with Crippen molar-refractivity contribution in [2.45, 2.75) is 54.4 Å². The van der Waals surface area contributed by atoms with Crippen LogP contribution in [-0.2, 0) is 33.9 Å². The lowest BCUT2D eigenvalue weighted by Crippen LogP contribution is -2.47. The minimum atomic E-state index is -6.36. The number of esters is 2. The van der Waals surface area contributed by atoms with Crippen molar-refractivity contribution in [2.75, 3.05) is 0 Å². The number of carbonyl (C=O) groups is 2. The van der Waals surface area contributed by atoms with Crippen LogP contribution in [0.3, 0.4) is 0 Å². The lowest BCUT2D eigenvalue weighted by molar-refractivity contribution is -0.173. The van der Waals surface area contributed by atoms with E-state index in [9.17, 15) is 35.6 Å². The molecular weight excluding hydrogens is 392 g/mol. The highest BCUT2D eigenvalue weighted by atomic mass is 32.2.